The molecule has 0 spiro atoms. The highest BCUT2D eigenvalue weighted by atomic mass is 16.9. The molecule has 6 aromatic heterocycles. The normalized spacial score (nSPS) is 40.6. The zero-order valence-electron chi connectivity index (χ0n) is 80.9. The number of ether oxygens (including phenoxy) is 23. The Morgan fingerprint density at radius 1 is 0.254 bits per heavy atom. The van der Waals surface area contributed by atoms with E-state index in [1.54, 1.807) is 18.9 Å². The lowest BCUT2D eigenvalue weighted by molar-refractivity contribution is -0.284. The molecule has 15 fully saturated rings. The summed E-state index contributed by atoms with van der Waals surface area (Å²) < 4.78 is 149. The highest BCUT2D eigenvalue weighted by Crippen LogP contribution is 2.50. The van der Waals surface area contributed by atoms with E-state index in [9.17, 15) is 61.3 Å². The summed E-state index contributed by atoms with van der Waals surface area (Å²) in [6.45, 7) is 32.1. The van der Waals surface area contributed by atoms with Crippen molar-refractivity contribution >= 4 is 0 Å². The molecule has 0 aliphatic carbocycles. The number of aliphatic hydroxyl groups excluding tert-OH is 12. The highest BCUT2D eigenvalue weighted by molar-refractivity contribution is 5.10. The average molecular weight is 2020 g/mol. The summed E-state index contributed by atoms with van der Waals surface area (Å²) in [5, 5.41) is 176. The largest absolute Gasteiger partial charge is 0.388 e. The number of nitrogens with zero attached hydrogens (tertiary/aromatic N) is 23. The molecule has 17 unspecified atom stereocenters. The number of aromatic nitrogens is 18. The second-order valence-electron chi connectivity index (χ2n) is 41.7. The van der Waals surface area contributed by atoms with Gasteiger partial charge in [0, 0.05) is 81.4 Å². The summed E-state index contributed by atoms with van der Waals surface area (Å²) in [7, 11) is 0. The van der Waals surface area contributed by atoms with Crippen LogP contribution in [0.5, 0.6) is 0 Å². The van der Waals surface area contributed by atoms with Crippen molar-refractivity contribution in [3.63, 3.8) is 0 Å². The first kappa shape index (κ1) is 103. The van der Waals surface area contributed by atoms with Gasteiger partial charge in [-0.15, -0.1) is 30.6 Å². The van der Waals surface area contributed by atoms with Crippen molar-refractivity contribution in [3.8, 4) is 0 Å². The first-order valence-corrected chi connectivity index (χ1v) is 47.3. The van der Waals surface area contributed by atoms with Crippen LogP contribution in [-0.4, -0.2) is 429 Å². The Morgan fingerprint density at radius 2 is 0.444 bits per heavy atom. The van der Waals surface area contributed by atoms with Crippen molar-refractivity contribution in [1.82, 2.24) is 99.8 Å². The van der Waals surface area contributed by atoms with Gasteiger partial charge in [-0.1, -0.05) is 36.4 Å². The van der Waals surface area contributed by atoms with Crippen molar-refractivity contribution < 1.29 is 170 Å². The van der Waals surface area contributed by atoms with Crippen molar-refractivity contribution in [1.29, 1.82) is 0 Å². The third kappa shape index (κ3) is 22.6. The van der Waals surface area contributed by atoms with Gasteiger partial charge in [0.1, 0.15) is 165 Å². The minimum atomic E-state index is -1.73. The molecule has 0 saturated carbocycles. The minimum Gasteiger partial charge on any atom is -0.388 e. The van der Waals surface area contributed by atoms with Gasteiger partial charge in [-0.3, -0.25) is 9.80 Å². The standard InChI is InChI=1S/C45H66N10O15.C27H42N10O15.C12H19N3O5/c1-40(2)59-28-25(56-37-34(31(28)62-40)65-43(7,8)68-37)19-53-16-22(46-49-53)13-52(14-23-17-54(50-47-23)20-26-29-32(63-41(3,4)60-29)35-38(57-26)69-44(9,10)66-35)15-24-18-55(51-48-24)21-27-30-33(64-42(5,6)61-30)36-39(58-27)70-45(11,12)67-36;38-16-13(50-25(47)22(44)19(16)41)7-35-4-10(28-31-35)1-34(2-11-5-36(32-29-11)8-14-17(39)20(42)23(45)26(48)51-14)3-12-6-37(33-30-12)9-15-18(40)21(43)24(46)27(49)52-15;1-11(2)17-7-6(5-14-15-13)16-10-9(8(7)18-11)19-12(3,4)20-10/h16-18,25-39H,13-15,19-21H2,1-12H3;4-6,13-27,38-49H,1-3,7-9H2;6-10H,5H2,1-4H3/t25?,26?,27?,28-,29-,30-,31-,32-,33-,34?,35?,36?,37+,38+,39+;13?,14?,15?,16-,17-,18-,19-,20-,21-,22?,23?,24?,25?,26?,27?;6?,7-,8-,9?,10+/m000/s1. The molecular formula is C84H127N23O35. The first-order valence-electron chi connectivity index (χ1n) is 47.3. The molecule has 21 rings (SSSR count). The molecule has 12 N–H and O–H groups in total. The van der Waals surface area contributed by atoms with Crippen molar-refractivity contribution in [2.24, 2.45) is 5.11 Å². The van der Waals surface area contributed by atoms with Crippen LogP contribution < -0.4 is 0 Å². The van der Waals surface area contributed by atoms with Crippen LogP contribution in [0.15, 0.2) is 42.3 Å². The van der Waals surface area contributed by atoms with E-state index in [0.717, 1.165) is 0 Å². The molecule has 6 aromatic rings. The SMILES string of the molecule is CC1(C)OC2[C@H](OC(CN=[N+]=[N-])[C@@H]3OC(C)(C)O[C@H]23)O1.CC1(C)OC2[C@H](OC(Cn3cc(CN(Cc4cn(CC5O[C@@H]6OC(C)(C)OC6[C@H]6OC(C)(C)O[C@@H]56)nn4)Cc4cn(CC5O[C@@H]6OC(C)(C)OC6[C@H]6OC(C)(C)O[C@@H]56)nn4)nn3)[C@@H]3OC(C)(C)O[C@H]23)O1.OC1OC(Cn2cc(CN(Cc3cn(CC4OC(O)C(O)[C@@H](O)[C@H]4O)nn3)Cc3cn(CC4OC(O)C(O)[C@@H](O)[C@H]4O)nn3)nn2)[C@H](O)[C@H](O)C1O. The molecule has 35 atom stereocenters. The Bertz CT molecular complexity index is 4910. The van der Waals surface area contributed by atoms with E-state index in [4.69, 9.17) is 114 Å². The van der Waals surface area contributed by atoms with Crippen LogP contribution in [0.2, 0.25) is 0 Å². The third-order valence-corrected chi connectivity index (χ3v) is 26.4. The molecule has 15 saturated heterocycles. The zero-order chi connectivity index (χ0) is 101. The van der Waals surface area contributed by atoms with Gasteiger partial charge in [0.25, 0.3) is 0 Å². The lowest BCUT2D eigenvalue weighted by atomic mass is 9.99. The molecule has 58 nitrogen and oxygen atoms in total. The lowest BCUT2D eigenvalue weighted by Gasteiger charge is -2.38. The Morgan fingerprint density at radius 3 is 0.669 bits per heavy atom. The molecule has 15 aliphatic rings. The van der Waals surface area contributed by atoms with Crippen molar-refractivity contribution in [2.75, 3.05) is 6.54 Å². The van der Waals surface area contributed by atoms with Crippen LogP contribution in [0.1, 0.15) is 145 Å². The summed E-state index contributed by atoms with van der Waals surface area (Å²) in [5.74, 6) is -6.45. The van der Waals surface area contributed by atoms with Crippen LogP contribution in [-0.2, 0) is 187 Å². The molecule has 788 valence electrons. The summed E-state index contributed by atoms with van der Waals surface area (Å²) in [6.07, 6.45) is -21.8. The molecule has 0 bridgehead atoms. The van der Waals surface area contributed by atoms with Crippen molar-refractivity contribution in [2.45, 2.75) is 451 Å². The maximum atomic E-state index is 10.3. The zero-order valence-corrected chi connectivity index (χ0v) is 80.9. The maximum Gasteiger partial charge on any atom is 0.190 e. The van der Waals surface area contributed by atoms with Crippen molar-refractivity contribution in [3.05, 3.63) is 81.8 Å². The second kappa shape index (κ2) is 39.6. The highest BCUT2D eigenvalue weighted by Gasteiger charge is 2.66. The van der Waals surface area contributed by atoms with E-state index in [2.05, 4.69) is 76.8 Å². The van der Waals surface area contributed by atoms with E-state index in [1.165, 1.54) is 32.6 Å². The molecule has 0 aromatic carbocycles. The number of fused-ring (bicyclic) bond motifs is 12. The van der Waals surface area contributed by atoms with Gasteiger partial charge in [-0.2, -0.15) is 0 Å². The van der Waals surface area contributed by atoms with E-state index in [1.807, 2.05) is 129 Å². The molecule has 58 heteroatoms. The fraction of sp³-hybridized carbons (Fsp3) is 0.857. The van der Waals surface area contributed by atoms with Crippen LogP contribution in [0.25, 0.3) is 10.4 Å². The van der Waals surface area contributed by atoms with Gasteiger partial charge >= 0.3 is 0 Å². The fourth-order valence-corrected chi connectivity index (χ4v) is 20.5. The molecule has 15 aliphatic heterocycles. The average Bonchev–Trinajstić information content (AvgIpc) is 1.59. The predicted molar refractivity (Wildman–Crippen MR) is 457 cm³/mol. The summed E-state index contributed by atoms with van der Waals surface area (Å²) in [5.41, 5.74) is 11.8. The molecule has 21 heterocycles. The number of hydrogen-bond donors (Lipinski definition) is 12. The quantitative estimate of drug-likeness (QED) is 0.0137. The Hall–Kier alpha value is -7.33. The second-order valence-corrected chi connectivity index (χ2v) is 41.7. The molecule has 142 heavy (non-hydrogen) atoms. The van der Waals surface area contributed by atoms with Gasteiger partial charge in [-0.05, 0) is 116 Å². The minimum absolute atomic E-state index is 0.110. The number of aliphatic hydroxyl groups is 12. The van der Waals surface area contributed by atoms with E-state index in [-0.39, 0.29) is 64.1 Å². The maximum absolute atomic E-state index is 10.3. The van der Waals surface area contributed by atoms with Gasteiger partial charge in [-0.25, -0.2) is 28.1 Å². The summed E-state index contributed by atoms with van der Waals surface area (Å²) in [6, 6.07) is 0. The van der Waals surface area contributed by atoms with Gasteiger partial charge in [0.15, 0.2) is 90.3 Å². The van der Waals surface area contributed by atoms with Crippen LogP contribution in [0.3, 0.4) is 0 Å². The van der Waals surface area contributed by atoms with E-state index in [0.29, 0.717) is 73.4 Å². The Balaban J connectivity index is 0.000000155. The molecule has 0 radical (unpaired) electrons. The van der Waals surface area contributed by atoms with Crippen LogP contribution in [0, 0.1) is 0 Å². The number of rotatable bonds is 26. The number of azide groups is 1. The first-order chi connectivity index (χ1) is 66.9. The van der Waals surface area contributed by atoms with Gasteiger partial charge in [0.05, 0.1) is 86.1 Å². The molecule has 0 amide bonds. The van der Waals surface area contributed by atoms with E-state index < -0.39 is 243 Å². The monoisotopic (exact) mass is 2020 g/mol. The predicted octanol–water partition coefficient (Wildman–Crippen LogP) is -5.39. The van der Waals surface area contributed by atoms with Gasteiger partial charge in [0.2, 0.25) is 0 Å². The number of hydrogen-bond acceptors (Lipinski definition) is 50. The van der Waals surface area contributed by atoms with E-state index >= 15 is 0 Å². The molecular weight excluding hydrogens is 1890 g/mol. The topological polar surface area (TPSA) is 695 Å². The Kier molecular flexibility index (Phi) is 28.8. The summed E-state index contributed by atoms with van der Waals surface area (Å²) >= 11 is 0. The third-order valence-electron chi connectivity index (χ3n) is 26.4. The lowest BCUT2D eigenvalue weighted by Crippen LogP contribution is -2.58. The Labute approximate surface area is 810 Å². The fourth-order valence-electron chi connectivity index (χ4n) is 20.5. The van der Waals surface area contributed by atoms with Gasteiger partial charge < -0.3 is 170 Å². The van der Waals surface area contributed by atoms with Crippen LogP contribution >= 0.6 is 0 Å². The van der Waals surface area contributed by atoms with Crippen LogP contribution in [0.4, 0.5) is 0 Å². The summed E-state index contributed by atoms with van der Waals surface area (Å²) in [4.78, 5) is 6.72. The smallest absolute Gasteiger partial charge is 0.190 e.